The minimum absolute atomic E-state index is 0.00443. The van der Waals surface area contributed by atoms with Crippen molar-refractivity contribution in [2.75, 3.05) is 26.7 Å². The Morgan fingerprint density at radius 1 is 1.29 bits per heavy atom. The zero-order chi connectivity index (χ0) is 16.0. The molecule has 1 saturated heterocycles. The first-order valence-corrected chi connectivity index (χ1v) is 7.80. The summed E-state index contributed by atoms with van der Waals surface area (Å²) in [5, 5.41) is 3.09. The highest BCUT2D eigenvalue weighted by Crippen LogP contribution is 2.14. The van der Waals surface area contributed by atoms with Gasteiger partial charge in [0.2, 0.25) is 0 Å². The number of urea groups is 1. The van der Waals surface area contributed by atoms with Crippen molar-refractivity contribution < 1.29 is 14.3 Å². The molecular formula is C15H29N3O3. The monoisotopic (exact) mass is 299 g/mol. The quantitative estimate of drug-likeness (QED) is 0.866. The second-order valence-corrected chi connectivity index (χ2v) is 5.95. The first kappa shape index (κ1) is 17.6. The van der Waals surface area contributed by atoms with Gasteiger partial charge in [-0.25, -0.2) is 9.59 Å². The summed E-state index contributed by atoms with van der Waals surface area (Å²) in [6.07, 6.45) is 1.26. The Morgan fingerprint density at radius 2 is 1.86 bits per heavy atom. The van der Waals surface area contributed by atoms with Crippen molar-refractivity contribution in [3.8, 4) is 0 Å². The van der Waals surface area contributed by atoms with Gasteiger partial charge in [-0.1, -0.05) is 13.8 Å². The fourth-order valence-electron chi connectivity index (χ4n) is 2.57. The lowest BCUT2D eigenvalue weighted by atomic mass is 10.0. The smallest absolute Gasteiger partial charge is 0.409 e. The third-order valence-corrected chi connectivity index (χ3v) is 4.31. The van der Waals surface area contributed by atoms with E-state index in [0.29, 0.717) is 25.6 Å². The maximum atomic E-state index is 12.4. The van der Waals surface area contributed by atoms with Crippen molar-refractivity contribution in [2.24, 2.45) is 5.92 Å². The molecule has 1 N–H and O–H groups in total. The van der Waals surface area contributed by atoms with E-state index >= 15 is 0 Å². The predicted molar refractivity (Wildman–Crippen MR) is 82.2 cm³/mol. The van der Waals surface area contributed by atoms with Crippen LogP contribution in [0.5, 0.6) is 0 Å². The number of hydrogen-bond acceptors (Lipinski definition) is 3. The van der Waals surface area contributed by atoms with Gasteiger partial charge in [-0.2, -0.15) is 0 Å². The second kappa shape index (κ2) is 8.10. The molecule has 1 rings (SSSR count). The molecule has 0 aromatic carbocycles. The van der Waals surface area contributed by atoms with Crippen LogP contribution in [0, 0.1) is 5.92 Å². The number of ether oxygens (including phenoxy) is 1. The third-order valence-electron chi connectivity index (χ3n) is 4.31. The van der Waals surface area contributed by atoms with Gasteiger partial charge in [0.25, 0.3) is 0 Å². The zero-order valence-electron chi connectivity index (χ0n) is 13.9. The number of methoxy groups -OCH3 is 1. The first-order chi connectivity index (χ1) is 9.90. The number of piperidine rings is 1. The van der Waals surface area contributed by atoms with E-state index in [0.717, 1.165) is 12.8 Å². The molecule has 6 heteroatoms. The largest absolute Gasteiger partial charge is 0.453 e. The van der Waals surface area contributed by atoms with Crippen LogP contribution in [0.2, 0.25) is 0 Å². The molecule has 6 nitrogen and oxygen atoms in total. The van der Waals surface area contributed by atoms with Crippen LogP contribution in [0.4, 0.5) is 9.59 Å². The van der Waals surface area contributed by atoms with E-state index in [2.05, 4.69) is 26.1 Å². The van der Waals surface area contributed by atoms with Crippen LogP contribution < -0.4 is 5.32 Å². The molecule has 1 fully saturated rings. The molecule has 0 spiro atoms. The average Bonchev–Trinajstić information content (AvgIpc) is 2.47. The lowest BCUT2D eigenvalue weighted by molar-refractivity contribution is 0.108. The van der Waals surface area contributed by atoms with Gasteiger partial charge in [-0.15, -0.1) is 0 Å². The van der Waals surface area contributed by atoms with Crippen molar-refractivity contribution in [3.63, 3.8) is 0 Å². The topological polar surface area (TPSA) is 61.9 Å². The molecule has 0 radical (unpaired) electrons. The van der Waals surface area contributed by atoms with E-state index in [4.69, 9.17) is 4.74 Å². The molecule has 1 atom stereocenters. The minimum Gasteiger partial charge on any atom is -0.453 e. The lowest BCUT2D eigenvalue weighted by Gasteiger charge is -2.35. The molecule has 3 amide bonds. The lowest BCUT2D eigenvalue weighted by Crippen LogP contribution is -2.52. The van der Waals surface area contributed by atoms with Crippen LogP contribution in [0.15, 0.2) is 0 Å². The molecule has 0 saturated carbocycles. The number of carbonyl (C=O) groups excluding carboxylic acids is 2. The van der Waals surface area contributed by atoms with Gasteiger partial charge < -0.3 is 19.9 Å². The number of carbonyl (C=O) groups is 2. The van der Waals surface area contributed by atoms with Crippen molar-refractivity contribution in [3.05, 3.63) is 0 Å². The van der Waals surface area contributed by atoms with E-state index in [1.807, 2.05) is 11.8 Å². The molecule has 1 aliphatic heterocycles. The molecule has 0 bridgehead atoms. The highest BCUT2D eigenvalue weighted by molar-refractivity contribution is 5.75. The Bertz CT molecular complexity index is 352. The Labute approximate surface area is 127 Å². The fraction of sp³-hybridized carbons (Fsp3) is 0.867. The third kappa shape index (κ3) is 4.79. The maximum absolute atomic E-state index is 12.4. The van der Waals surface area contributed by atoms with Crippen LogP contribution in [0.25, 0.3) is 0 Å². The van der Waals surface area contributed by atoms with Crippen LogP contribution in [0.1, 0.15) is 40.5 Å². The molecule has 122 valence electrons. The number of amides is 3. The van der Waals surface area contributed by atoms with E-state index in [-0.39, 0.29) is 24.2 Å². The molecule has 1 heterocycles. The Hall–Kier alpha value is -1.46. The summed E-state index contributed by atoms with van der Waals surface area (Å²) in [4.78, 5) is 27.3. The molecule has 0 aromatic heterocycles. The fourth-order valence-corrected chi connectivity index (χ4v) is 2.57. The Balaban J connectivity index is 2.47. The highest BCUT2D eigenvalue weighted by Gasteiger charge is 2.27. The maximum Gasteiger partial charge on any atom is 0.409 e. The Morgan fingerprint density at radius 3 is 2.29 bits per heavy atom. The standard InChI is InChI=1S/C15H29N3O3/c1-6-18(12(4)11(2)3)14(19)16-13-7-9-17(10-8-13)15(20)21-5/h11-13H,6-10H2,1-5H3,(H,16,19). The van der Waals surface area contributed by atoms with E-state index in [1.54, 1.807) is 4.90 Å². The number of rotatable bonds is 4. The van der Waals surface area contributed by atoms with Crippen LogP contribution in [-0.4, -0.2) is 60.8 Å². The first-order valence-electron chi connectivity index (χ1n) is 7.80. The van der Waals surface area contributed by atoms with Gasteiger partial charge in [0.15, 0.2) is 0 Å². The molecule has 1 unspecified atom stereocenters. The summed E-state index contributed by atoms with van der Waals surface area (Å²) in [7, 11) is 1.39. The summed E-state index contributed by atoms with van der Waals surface area (Å²) < 4.78 is 4.71. The van der Waals surface area contributed by atoms with E-state index in [9.17, 15) is 9.59 Å². The van der Waals surface area contributed by atoms with Gasteiger partial charge in [-0.05, 0) is 32.6 Å². The number of hydrogen-bond donors (Lipinski definition) is 1. The summed E-state index contributed by atoms with van der Waals surface area (Å²) in [5.41, 5.74) is 0. The summed E-state index contributed by atoms with van der Waals surface area (Å²) in [5.74, 6) is 0.428. The Kier molecular flexibility index (Phi) is 6.78. The second-order valence-electron chi connectivity index (χ2n) is 5.95. The zero-order valence-corrected chi connectivity index (χ0v) is 13.9. The molecule has 0 aliphatic carbocycles. The SMILES string of the molecule is CCN(C(=O)NC1CCN(C(=O)OC)CC1)C(C)C(C)C. The van der Waals surface area contributed by atoms with Crippen molar-refractivity contribution in [1.29, 1.82) is 0 Å². The van der Waals surface area contributed by atoms with Crippen molar-refractivity contribution >= 4 is 12.1 Å². The van der Waals surface area contributed by atoms with Gasteiger partial charge in [0, 0.05) is 31.7 Å². The summed E-state index contributed by atoms with van der Waals surface area (Å²) in [6, 6.07) is 0.340. The summed E-state index contributed by atoms with van der Waals surface area (Å²) >= 11 is 0. The predicted octanol–water partition coefficient (Wildman–Crippen LogP) is 2.29. The highest BCUT2D eigenvalue weighted by atomic mass is 16.5. The van der Waals surface area contributed by atoms with Gasteiger partial charge in [0.1, 0.15) is 0 Å². The summed E-state index contributed by atoms with van der Waals surface area (Å²) in [6.45, 7) is 10.3. The van der Waals surface area contributed by atoms with Crippen molar-refractivity contribution in [1.82, 2.24) is 15.1 Å². The van der Waals surface area contributed by atoms with Crippen molar-refractivity contribution in [2.45, 2.75) is 52.6 Å². The number of nitrogens with zero attached hydrogens (tertiary/aromatic N) is 2. The van der Waals surface area contributed by atoms with Gasteiger partial charge >= 0.3 is 12.1 Å². The number of likely N-dealkylation sites (tertiary alicyclic amines) is 1. The number of nitrogens with one attached hydrogen (secondary N) is 1. The van der Waals surface area contributed by atoms with Crippen LogP contribution in [-0.2, 0) is 4.74 Å². The molecule has 21 heavy (non-hydrogen) atoms. The van der Waals surface area contributed by atoms with E-state index in [1.165, 1.54) is 7.11 Å². The van der Waals surface area contributed by atoms with Crippen LogP contribution >= 0.6 is 0 Å². The minimum atomic E-state index is -0.289. The van der Waals surface area contributed by atoms with E-state index < -0.39 is 0 Å². The molecular weight excluding hydrogens is 270 g/mol. The average molecular weight is 299 g/mol. The van der Waals surface area contributed by atoms with Gasteiger partial charge in [0.05, 0.1) is 7.11 Å². The van der Waals surface area contributed by atoms with Gasteiger partial charge in [-0.3, -0.25) is 0 Å². The van der Waals surface area contributed by atoms with Crippen LogP contribution in [0.3, 0.4) is 0 Å². The molecule has 0 aromatic rings. The molecule has 1 aliphatic rings. The normalized spacial score (nSPS) is 17.5.